The number of anilines is 3. The van der Waals surface area contributed by atoms with Gasteiger partial charge in [0, 0.05) is 55.2 Å². The van der Waals surface area contributed by atoms with Crippen LogP contribution >= 0.6 is 0 Å². The molecule has 12 heteroatoms. The molecule has 1 fully saturated rings. The van der Waals surface area contributed by atoms with Gasteiger partial charge >= 0.3 is 5.97 Å². The van der Waals surface area contributed by atoms with Gasteiger partial charge in [0.15, 0.2) is 5.60 Å². The number of nitrogens with zero attached hydrogens (tertiary/aromatic N) is 3. The number of para-hydroxylation sites is 1. The Kier molecular flexibility index (Phi) is 11.0. The molecule has 3 aliphatic rings. The van der Waals surface area contributed by atoms with Gasteiger partial charge in [0.25, 0.3) is 5.91 Å². The van der Waals surface area contributed by atoms with E-state index in [9.17, 15) is 24.3 Å². The first-order chi connectivity index (χ1) is 24.9. The van der Waals surface area contributed by atoms with Crippen molar-refractivity contribution in [3.63, 3.8) is 0 Å². The molecule has 0 bridgehead atoms. The molecule has 0 aliphatic carbocycles. The SMILES string of the molecule is COC(=O)CCCCN1C(=O)[C@]2(O[C@H](CC(=O)N(CCO)Cc3ccccc3)[C@@H]([Si](C)(C)F)[C@@H]2C)c2cc(N3C(=O)CCc4ccccc43)ccc21. The first kappa shape index (κ1) is 37.4. The summed E-state index contributed by atoms with van der Waals surface area (Å²) in [5.74, 6) is -1.70. The molecule has 3 aromatic carbocycles. The van der Waals surface area contributed by atoms with E-state index in [0.717, 1.165) is 16.8 Å². The van der Waals surface area contributed by atoms with Gasteiger partial charge in [0.2, 0.25) is 20.2 Å². The van der Waals surface area contributed by atoms with Crippen molar-refractivity contribution in [2.24, 2.45) is 5.92 Å². The fourth-order valence-corrected chi connectivity index (χ4v) is 11.0. The summed E-state index contributed by atoms with van der Waals surface area (Å²) < 4.78 is 28.3. The number of aryl methyl sites for hydroxylation is 1. The molecule has 0 radical (unpaired) electrons. The molecule has 1 N–H and O–H groups in total. The van der Waals surface area contributed by atoms with Gasteiger partial charge < -0.3 is 28.5 Å². The number of carbonyl (C=O) groups excluding carboxylic acids is 4. The van der Waals surface area contributed by atoms with Crippen molar-refractivity contribution in [1.82, 2.24) is 4.90 Å². The average Bonchev–Trinajstić information content (AvgIpc) is 3.55. The van der Waals surface area contributed by atoms with Gasteiger partial charge in [0.1, 0.15) is 0 Å². The monoisotopic (exact) mass is 729 g/mol. The number of aliphatic hydroxyl groups excluding tert-OH is 1. The van der Waals surface area contributed by atoms with Crippen LogP contribution in [0.3, 0.4) is 0 Å². The lowest BCUT2D eigenvalue weighted by Gasteiger charge is -2.32. The molecule has 3 aromatic rings. The number of amides is 3. The average molecular weight is 730 g/mol. The number of rotatable bonds is 13. The lowest BCUT2D eigenvalue weighted by Crippen LogP contribution is -2.45. The lowest BCUT2D eigenvalue weighted by atomic mass is 9.82. The standard InChI is InChI=1S/C40H48FN3O7Si/c1-27-38(52(3,4)41)34(25-36(47)42(22-23-45)26-28-12-6-5-7-13-28)51-40(27)31-24-30(44-32-15-9-8-14-29(32)17-20-35(44)46)18-19-33(31)43(39(40)49)21-11-10-16-37(48)50-2/h5-9,12-15,18-19,24,27,34,38,45H,10-11,16-17,20-23,25-26H2,1-4H3/t27-,34+,38-,40+/m0/s1. The molecular formula is C40H48FN3O7Si. The highest BCUT2D eigenvalue weighted by molar-refractivity contribution is 6.72. The van der Waals surface area contributed by atoms with E-state index < -0.39 is 31.6 Å². The molecule has 1 spiro atoms. The number of aliphatic hydroxyl groups is 1. The van der Waals surface area contributed by atoms with Crippen LogP contribution in [0.2, 0.25) is 18.6 Å². The zero-order valence-corrected chi connectivity index (χ0v) is 31.3. The summed E-state index contributed by atoms with van der Waals surface area (Å²) in [6.45, 7) is 5.44. The van der Waals surface area contributed by atoms with E-state index in [-0.39, 0.29) is 62.8 Å². The summed E-state index contributed by atoms with van der Waals surface area (Å²) in [6.07, 6.45) is 1.10. The van der Waals surface area contributed by atoms with Gasteiger partial charge in [-0.1, -0.05) is 55.5 Å². The first-order valence-electron chi connectivity index (χ1n) is 18.1. The molecular weight excluding hydrogens is 682 g/mol. The third-order valence-electron chi connectivity index (χ3n) is 10.8. The maximum atomic E-state index is 16.6. The Bertz CT molecular complexity index is 1820. The molecule has 0 aromatic heterocycles. The van der Waals surface area contributed by atoms with Crippen LogP contribution in [0, 0.1) is 5.92 Å². The van der Waals surface area contributed by atoms with Crippen LogP contribution in [0.1, 0.15) is 55.7 Å². The highest BCUT2D eigenvalue weighted by Crippen LogP contribution is 2.61. The normalized spacial score (nSPS) is 22.5. The van der Waals surface area contributed by atoms with Crippen LogP contribution < -0.4 is 9.80 Å². The molecule has 6 rings (SSSR count). The van der Waals surface area contributed by atoms with Gasteiger partial charge in [-0.15, -0.1) is 0 Å². The summed E-state index contributed by atoms with van der Waals surface area (Å²) >= 11 is 0. The molecule has 0 saturated carbocycles. The van der Waals surface area contributed by atoms with E-state index in [0.29, 0.717) is 42.6 Å². The molecule has 3 heterocycles. The van der Waals surface area contributed by atoms with E-state index >= 15 is 4.11 Å². The zero-order chi connectivity index (χ0) is 37.2. The fraction of sp³-hybridized carbons (Fsp3) is 0.450. The number of hydrogen-bond donors (Lipinski definition) is 1. The van der Waals surface area contributed by atoms with Crippen LogP contribution in [0.15, 0.2) is 72.8 Å². The topological polar surface area (TPSA) is 117 Å². The van der Waals surface area contributed by atoms with Gasteiger partial charge in [-0.05, 0) is 67.7 Å². The summed E-state index contributed by atoms with van der Waals surface area (Å²) in [6, 6.07) is 22.7. The predicted molar refractivity (Wildman–Crippen MR) is 198 cm³/mol. The molecule has 3 amide bonds. The maximum absolute atomic E-state index is 16.6. The highest BCUT2D eigenvalue weighted by atomic mass is 28.4. The second-order valence-electron chi connectivity index (χ2n) is 14.5. The largest absolute Gasteiger partial charge is 0.469 e. The third-order valence-corrected chi connectivity index (χ3v) is 13.3. The van der Waals surface area contributed by atoms with E-state index in [2.05, 4.69) is 0 Å². The molecule has 276 valence electrons. The quantitative estimate of drug-likeness (QED) is 0.0968. The molecule has 52 heavy (non-hydrogen) atoms. The molecule has 3 aliphatic heterocycles. The lowest BCUT2D eigenvalue weighted by molar-refractivity contribution is -0.149. The number of benzene rings is 3. The van der Waals surface area contributed by atoms with Crippen LogP contribution in [0.4, 0.5) is 21.2 Å². The Hall–Kier alpha value is -4.39. The van der Waals surface area contributed by atoms with E-state index in [1.54, 1.807) is 27.8 Å². The minimum Gasteiger partial charge on any atom is -0.469 e. The smallest absolute Gasteiger partial charge is 0.305 e. The van der Waals surface area contributed by atoms with Crippen LogP contribution in [0.5, 0.6) is 0 Å². The Morgan fingerprint density at radius 1 is 1.02 bits per heavy atom. The zero-order valence-electron chi connectivity index (χ0n) is 30.3. The Labute approximate surface area is 305 Å². The van der Waals surface area contributed by atoms with Crippen molar-refractivity contribution in [1.29, 1.82) is 0 Å². The summed E-state index contributed by atoms with van der Waals surface area (Å²) in [5, 5.41) is 9.85. The minimum atomic E-state index is -3.60. The minimum absolute atomic E-state index is 0.0712. The summed E-state index contributed by atoms with van der Waals surface area (Å²) in [4.78, 5) is 59.1. The number of fused-ring (bicyclic) bond motifs is 3. The van der Waals surface area contributed by atoms with E-state index in [1.807, 2.05) is 79.7 Å². The third kappa shape index (κ3) is 7.03. The number of halogens is 1. The summed E-state index contributed by atoms with van der Waals surface area (Å²) in [5.41, 5.74) is 2.10. The van der Waals surface area contributed by atoms with Crippen molar-refractivity contribution in [3.8, 4) is 0 Å². The molecule has 10 nitrogen and oxygen atoms in total. The summed E-state index contributed by atoms with van der Waals surface area (Å²) in [7, 11) is -2.26. The number of carbonyl (C=O) groups is 4. The first-order valence-corrected chi connectivity index (χ1v) is 21.1. The number of unbranched alkanes of at least 4 members (excludes halogenated alkanes) is 1. The number of hydrogen-bond acceptors (Lipinski definition) is 7. The second-order valence-corrected chi connectivity index (χ2v) is 18.3. The molecule has 4 atom stereocenters. The van der Waals surface area contributed by atoms with Crippen LogP contribution in [-0.4, -0.2) is 75.0 Å². The van der Waals surface area contributed by atoms with E-state index in [1.165, 1.54) is 7.11 Å². The van der Waals surface area contributed by atoms with Crippen molar-refractivity contribution in [2.45, 2.75) is 82.3 Å². The molecule has 0 unspecified atom stereocenters. The second kappa shape index (κ2) is 15.3. The van der Waals surface area contributed by atoms with Gasteiger partial charge in [-0.2, -0.15) is 0 Å². The number of esters is 1. The Morgan fingerprint density at radius 3 is 2.46 bits per heavy atom. The number of methoxy groups -OCH3 is 1. The van der Waals surface area contributed by atoms with Gasteiger partial charge in [-0.3, -0.25) is 24.1 Å². The maximum Gasteiger partial charge on any atom is 0.305 e. The van der Waals surface area contributed by atoms with Gasteiger partial charge in [-0.25, -0.2) is 0 Å². The van der Waals surface area contributed by atoms with Crippen molar-refractivity contribution in [3.05, 3.63) is 89.5 Å². The van der Waals surface area contributed by atoms with E-state index in [4.69, 9.17) is 9.47 Å². The van der Waals surface area contributed by atoms with Crippen molar-refractivity contribution >= 4 is 49.2 Å². The molecule has 1 saturated heterocycles. The van der Waals surface area contributed by atoms with Crippen molar-refractivity contribution in [2.75, 3.05) is 36.6 Å². The predicted octanol–water partition coefficient (Wildman–Crippen LogP) is 6.17. The van der Waals surface area contributed by atoms with Crippen molar-refractivity contribution < 1.29 is 37.9 Å². The van der Waals surface area contributed by atoms with Gasteiger partial charge in [0.05, 0.1) is 37.6 Å². The number of ether oxygens (including phenoxy) is 2. The highest BCUT2D eigenvalue weighted by Gasteiger charge is 2.67. The van der Waals surface area contributed by atoms with Crippen LogP contribution in [-0.2, 0) is 47.2 Å². The van der Waals surface area contributed by atoms with Crippen LogP contribution in [0.25, 0.3) is 0 Å². The Morgan fingerprint density at radius 2 is 1.75 bits per heavy atom. The fourth-order valence-electron chi connectivity index (χ4n) is 8.47. The Balaban J connectivity index is 1.40.